The van der Waals surface area contributed by atoms with Crippen molar-refractivity contribution in [3.05, 3.63) is 24.2 Å². The highest BCUT2D eigenvalue weighted by atomic mass is 16.5. The second-order valence-electron chi connectivity index (χ2n) is 4.55. The molecule has 19 heavy (non-hydrogen) atoms. The molecule has 0 N–H and O–H groups in total. The zero-order valence-electron chi connectivity index (χ0n) is 10.7. The molecule has 0 saturated carbocycles. The van der Waals surface area contributed by atoms with Gasteiger partial charge in [-0.25, -0.2) is 9.97 Å². The largest absolute Gasteiger partial charge is 0.379 e. The molecule has 0 unspecified atom stereocenters. The molecule has 3 heterocycles. The highest BCUT2D eigenvalue weighted by molar-refractivity contribution is 5.71. The average Bonchev–Trinajstić information content (AvgIpc) is 2.79. The molecule has 0 amide bonds. The molecule has 2 aromatic heterocycles. The van der Waals surface area contributed by atoms with E-state index < -0.39 is 0 Å². The van der Waals surface area contributed by atoms with Crippen LogP contribution in [0.2, 0.25) is 0 Å². The summed E-state index contributed by atoms with van der Waals surface area (Å²) in [5.74, 6) is 3.66. The summed E-state index contributed by atoms with van der Waals surface area (Å²) in [6, 6.07) is 3.87. The lowest BCUT2D eigenvalue weighted by Crippen LogP contribution is -2.36. The summed E-state index contributed by atoms with van der Waals surface area (Å²) in [7, 11) is 0. The third-order valence-electron chi connectivity index (χ3n) is 3.30. The molecule has 5 nitrogen and oxygen atoms in total. The predicted molar refractivity (Wildman–Crippen MR) is 72.5 cm³/mol. The van der Waals surface area contributed by atoms with E-state index >= 15 is 0 Å². The maximum Gasteiger partial charge on any atom is 0.160 e. The normalized spacial score (nSPS) is 16.6. The van der Waals surface area contributed by atoms with Gasteiger partial charge in [0.1, 0.15) is 11.3 Å². The van der Waals surface area contributed by atoms with Crippen LogP contribution >= 0.6 is 0 Å². The minimum atomic E-state index is 0.507. The molecule has 0 spiro atoms. The van der Waals surface area contributed by atoms with E-state index in [1.165, 1.54) is 0 Å². The Hall–Kier alpha value is -1.90. The quantitative estimate of drug-likeness (QED) is 0.765. The monoisotopic (exact) mass is 256 g/mol. The minimum Gasteiger partial charge on any atom is -0.379 e. The van der Waals surface area contributed by atoms with E-state index in [4.69, 9.17) is 11.2 Å². The van der Waals surface area contributed by atoms with Crippen molar-refractivity contribution < 1.29 is 4.74 Å². The van der Waals surface area contributed by atoms with Gasteiger partial charge in [-0.3, -0.25) is 9.47 Å². The van der Waals surface area contributed by atoms with Crippen molar-refractivity contribution in [2.45, 2.75) is 13.1 Å². The zero-order valence-corrected chi connectivity index (χ0v) is 10.7. The van der Waals surface area contributed by atoms with E-state index in [0.717, 1.165) is 49.8 Å². The van der Waals surface area contributed by atoms with Crippen molar-refractivity contribution in [1.82, 2.24) is 19.4 Å². The van der Waals surface area contributed by atoms with Crippen molar-refractivity contribution in [1.29, 1.82) is 0 Å². The first-order chi connectivity index (χ1) is 9.38. The van der Waals surface area contributed by atoms with Crippen LogP contribution in [0, 0.1) is 12.3 Å². The minimum absolute atomic E-state index is 0.507. The van der Waals surface area contributed by atoms with Crippen molar-refractivity contribution in [2.75, 3.05) is 26.3 Å². The van der Waals surface area contributed by atoms with Gasteiger partial charge >= 0.3 is 0 Å². The van der Waals surface area contributed by atoms with Gasteiger partial charge in [0, 0.05) is 19.3 Å². The van der Waals surface area contributed by atoms with Crippen LogP contribution in [0.3, 0.4) is 0 Å². The number of aromatic nitrogens is 3. The summed E-state index contributed by atoms with van der Waals surface area (Å²) in [5.41, 5.74) is 1.77. The van der Waals surface area contributed by atoms with Crippen LogP contribution in [0.1, 0.15) is 5.82 Å². The Bertz CT molecular complexity index is 607. The van der Waals surface area contributed by atoms with Gasteiger partial charge < -0.3 is 4.74 Å². The average molecular weight is 256 g/mol. The van der Waals surface area contributed by atoms with E-state index in [-0.39, 0.29) is 0 Å². The molecule has 1 aliphatic heterocycles. The third kappa shape index (κ3) is 2.46. The maximum absolute atomic E-state index is 5.45. The first-order valence-corrected chi connectivity index (χ1v) is 6.42. The van der Waals surface area contributed by atoms with Gasteiger partial charge in [-0.1, -0.05) is 5.92 Å². The molecule has 5 heteroatoms. The molecule has 1 fully saturated rings. The number of morpholine rings is 1. The Balaban J connectivity index is 1.92. The van der Waals surface area contributed by atoms with Gasteiger partial charge in [-0.15, -0.1) is 6.42 Å². The van der Waals surface area contributed by atoms with Crippen LogP contribution in [0.5, 0.6) is 0 Å². The molecule has 1 saturated heterocycles. The van der Waals surface area contributed by atoms with E-state index in [9.17, 15) is 0 Å². The number of pyridine rings is 1. The van der Waals surface area contributed by atoms with E-state index in [1.807, 2.05) is 16.7 Å². The van der Waals surface area contributed by atoms with E-state index in [1.54, 1.807) is 6.20 Å². The number of ether oxygens (including phenoxy) is 1. The number of hydrogen-bond acceptors (Lipinski definition) is 4. The number of hydrogen-bond donors (Lipinski definition) is 0. The van der Waals surface area contributed by atoms with Crippen molar-refractivity contribution >= 4 is 11.2 Å². The Morgan fingerprint density at radius 2 is 2.21 bits per heavy atom. The fraction of sp³-hybridized carbons (Fsp3) is 0.429. The molecule has 0 bridgehead atoms. The van der Waals surface area contributed by atoms with Gasteiger partial charge in [0.2, 0.25) is 0 Å². The second-order valence-corrected chi connectivity index (χ2v) is 4.55. The van der Waals surface area contributed by atoms with Crippen LogP contribution in [-0.2, 0) is 17.8 Å². The molecule has 0 aliphatic carbocycles. The fourth-order valence-electron chi connectivity index (χ4n) is 2.34. The predicted octanol–water partition coefficient (Wildman–Crippen LogP) is 0.897. The van der Waals surface area contributed by atoms with Crippen LogP contribution in [-0.4, -0.2) is 45.7 Å². The molecule has 3 rings (SSSR count). The Morgan fingerprint density at radius 3 is 3.00 bits per heavy atom. The van der Waals surface area contributed by atoms with Crippen LogP contribution in [0.25, 0.3) is 11.2 Å². The highest BCUT2D eigenvalue weighted by Crippen LogP contribution is 2.15. The number of nitrogens with zero attached hydrogens (tertiary/aromatic N) is 4. The summed E-state index contributed by atoms with van der Waals surface area (Å²) in [6.45, 7) is 4.75. The number of rotatable bonds is 3. The van der Waals surface area contributed by atoms with Gasteiger partial charge in [-0.2, -0.15) is 0 Å². The van der Waals surface area contributed by atoms with E-state index in [2.05, 4.69) is 20.8 Å². The van der Waals surface area contributed by atoms with Gasteiger partial charge in [-0.05, 0) is 12.1 Å². The lowest BCUT2D eigenvalue weighted by Gasteiger charge is -2.26. The first kappa shape index (κ1) is 12.2. The Morgan fingerprint density at radius 1 is 1.37 bits per heavy atom. The zero-order chi connectivity index (χ0) is 13.1. The molecule has 1 aliphatic rings. The molecule has 0 radical (unpaired) electrons. The summed E-state index contributed by atoms with van der Waals surface area (Å²) in [6.07, 6.45) is 7.23. The number of terminal acetylenes is 1. The summed E-state index contributed by atoms with van der Waals surface area (Å²) in [4.78, 5) is 11.4. The molecule has 0 atom stereocenters. The first-order valence-electron chi connectivity index (χ1n) is 6.42. The standard InChI is InChI=1S/C14H16N4O/c1-2-6-18-13(11-17-7-9-19-10-8-17)16-12-4-3-5-15-14(12)18/h1,3-5H,6-11H2. The van der Waals surface area contributed by atoms with E-state index in [0.29, 0.717) is 6.54 Å². The molecule has 0 aromatic carbocycles. The Labute approximate surface area is 112 Å². The number of imidazole rings is 1. The summed E-state index contributed by atoms with van der Waals surface area (Å²) in [5, 5.41) is 0. The summed E-state index contributed by atoms with van der Waals surface area (Å²) < 4.78 is 7.38. The second kappa shape index (κ2) is 5.39. The number of fused-ring (bicyclic) bond motifs is 1. The smallest absolute Gasteiger partial charge is 0.160 e. The molecule has 98 valence electrons. The van der Waals surface area contributed by atoms with Crippen molar-refractivity contribution in [2.24, 2.45) is 0 Å². The lowest BCUT2D eigenvalue weighted by molar-refractivity contribution is 0.0327. The molecular weight excluding hydrogens is 240 g/mol. The maximum atomic E-state index is 5.45. The Kier molecular flexibility index (Phi) is 3.45. The van der Waals surface area contributed by atoms with Gasteiger partial charge in [0.25, 0.3) is 0 Å². The van der Waals surface area contributed by atoms with Gasteiger partial charge in [0.15, 0.2) is 5.65 Å². The van der Waals surface area contributed by atoms with Crippen LogP contribution < -0.4 is 0 Å². The van der Waals surface area contributed by atoms with Crippen molar-refractivity contribution in [3.8, 4) is 12.3 Å². The van der Waals surface area contributed by atoms with Gasteiger partial charge in [0.05, 0.1) is 26.3 Å². The summed E-state index contributed by atoms with van der Waals surface area (Å²) >= 11 is 0. The topological polar surface area (TPSA) is 43.2 Å². The molecular formula is C14H16N4O. The van der Waals surface area contributed by atoms with Crippen LogP contribution in [0.15, 0.2) is 18.3 Å². The highest BCUT2D eigenvalue weighted by Gasteiger charge is 2.16. The van der Waals surface area contributed by atoms with Crippen LogP contribution in [0.4, 0.5) is 0 Å². The SMILES string of the molecule is C#CCn1c(CN2CCOCC2)nc2cccnc21. The molecule has 2 aromatic rings. The fourth-order valence-corrected chi connectivity index (χ4v) is 2.34. The third-order valence-corrected chi connectivity index (χ3v) is 3.30. The van der Waals surface area contributed by atoms with Crippen molar-refractivity contribution in [3.63, 3.8) is 0 Å². The lowest BCUT2D eigenvalue weighted by atomic mass is 10.4.